The van der Waals surface area contributed by atoms with Gasteiger partial charge < -0.3 is 25.8 Å². The van der Waals surface area contributed by atoms with Crippen molar-refractivity contribution < 1.29 is 29.0 Å². The standard InChI is InChI=1S/C14H25N3O6/c1-8(2)13(21)15-5-11(18)17-10(7-23-9(3)4)14(22)16-6-12(19)20/h8-10H,5-7H2,1-4H3,(H,15,21)(H,16,22)(H,17,18)(H,19,20)/t10-/m1/s1. The smallest absolute Gasteiger partial charge is 0.322 e. The van der Waals surface area contributed by atoms with Gasteiger partial charge in [0, 0.05) is 5.92 Å². The van der Waals surface area contributed by atoms with Gasteiger partial charge in [-0.1, -0.05) is 13.8 Å². The zero-order chi connectivity index (χ0) is 18.0. The molecule has 9 heteroatoms. The van der Waals surface area contributed by atoms with E-state index in [4.69, 9.17) is 9.84 Å². The zero-order valence-electron chi connectivity index (χ0n) is 13.8. The Morgan fingerprint density at radius 1 is 0.957 bits per heavy atom. The van der Waals surface area contributed by atoms with E-state index in [-0.39, 0.29) is 31.1 Å². The zero-order valence-corrected chi connectivity index (χ0v) is 13.8. The molecule has 0 saturated carbocycles. The molecule has 0 heterocycles. The lowest BCUT2D eigenvalue weighted by Crippen LogP contribution is -2.52. The minimum Gasteiger partial charge on any atom is -0.480 e. The van der Waals surface area contributed by atoms with Crippen LogP contribution in [-0.4, -0.2) is 60.6 Å². The van der Waals surface area contributed by atoms with Crippen molar-refractivity contribution in [3.63, 3.8) is 0 Å². The number of carbonyl (C=O) groups excluding carboxylic acids is 3. The molecular weight excluding hydrogens is 306 g/mol. The maximum absolute atomic E-state index is 11.9. The average molecular weight is 331 g/mol. The number of hydrogen-bond donors (Lipinski definition) is 4. The molecule has 0 rings (SSSR count). The highest BCUT2D eigenvalue weighted by Gasteiger charge is 2.22. The molecule has 0 fully saturated rings. The molecule has 3 amide bonds. The molecule has 132 valence electrons. The molecule has 9 nitrogen and oxygen atoms in total. The van der Waals surface area contributed by atoms with Crippen LogP contribution in [0.15, 0.2) is 0 Å². The van der Waals surface area contributed by atoms with Gasteiger partial charge >= 0.3 is 5.97 Å². The molecule has 0 aromatic heterocycles. The second-order valence-corrected chi connectivity index (χ2v) is 5.49. The number of rotatable bonds is 10. The Kier molecular flexibility index (Phi) is 9.56. The number of carboxylic acids is 1. The Labute approximate surface area is 135 Å². The molecule has 0 radical (unpaired) electrons. The maximum Gasteiger partial charge on any atom is 0.322 e. The van der Waals surface area contributed by atoms with Crippen molar-refractivity contribution in [3.05, 3.63) is 0 Å². The van der Waals surface area contributed by atoms with Gasteiger partial charge in [0.05, 0.1) is 19.3 Å². The summed E-state index contributed by atoms with van der Waals surface area (Å²) in [4.78, 5) is 45.5. The molecule has 0 saturated heterocycles. The van der Waals surface area contributed by atoms with Crippen molar-refractivity contribution in [1.82, 2.24) is 16.0 Å². The predicted molar refractivity (Wildman–Crippen MR) is 81.5 cm³/mol. The molecule has 0 aromatic carbocycles. The molecule has 1 atom stereocenters. The summed E-state index contributed by atoms with van der Waals surface area (Å²) in [5.74, 6) is -2.98. The molecule has 23 heavy (non-hydrogen) atoms. The Bertz CT molecular complexity index is 436. The summed E-state index contributed by atoms with van der Waals surface area (Å²) in [5, 5.41) is 15.6. The Morgan fingerprint density at radius 2 is 1.52 bits per heavy atom. The second-order valence-electron chi connectivity index (χ2n) is 5.49. The Hall–Kier alpha value is -2.16. The topological polar surface area (TPSA) is 134 Å². The summed E-state index contributed by atoms with van der Waals surface area (Å²) in [6, 6.07) is -1.04. The first kappa shape index (κ1) is 20.8. The molecule has 0 aliphatic carbocycles. The molecule has 0 aliphatic heterocycles. The van der Waals surface area contributed by atoms with Gasteiger partial charge in [-0.3, -0.25) is 19.2 Å². The van der Waals surface area contributed by atoms with Crippen LogP contribution in [0.5, 0.6) is 0 Å². The van der Waals surface area contributed by atoms with Gasteiger partial charge in [0.1, 0.15) is 12.6 Å². The van der Waals surface area contributed by atoms with E-state index in [1.165, 1.54) is 0 Å². The van der Waals surface area contributed by atoms with Crippen molar-refractivity contribution in [2.24, 2.45) is 5.92 Å². The summed E-state index contributed by atoms with van der Waals surface area (Å²) in [5.41, 5.74) is 0. The lowest BCUT2D eigenvalue weighted by atomic mass is 10.2. The monoisotopic (exact) mass is 331 g/mol. The van der Waals surface area contributed by atoms with Crippen LogP contribution in [-0.2, 0) is 23.9 Å². The summed E-state index contributed by atoms with van der Waals surface area (Å²) in [7, 11) is 0. The predicted octanol–water partition coefficient (Wildman–Crippen LogP) is -1.13. The van der Waals surface area contributed by atoms with Crippen molar-refractivity contribution in [2.45, 2.75) is 39.8 Å². The van der Waals surface area contributed by atoms with Crippen molar-refractivity contribution in [1.29, 1.82) is 0 Å². The third-order valence-corrected chi connectivity index (χ3v) is 2.61. The third-order valence-electron chi connectivity index (χ3n) is 2.61. The van der Waals surface area contributed by atoms with Crippen LogP contribution in [0.1, 0.15) is 27.7 Å². The van der Waals surface area contributed by atoms with E-state index in [2.05, 4.69) is 16.0 Å². The van der Waals surface area contributed by atoms with Crippen LogP contribution in [0.2, 0.25) is 0 Å². The van der Waals surface area contributed by atoms with Gasteiger partial charge in [-0.2, -0.15) is 0 Å². The fourth-order valence-corrected chi connectivity index (χ4v) is 1.37. The number of nitrogens with one attached hydrogen (secondary N) is 3. The fraction of sp³-hybridized carbons (Fsp3) is 0.714. The van der Waals surface area contributed by atoms with E-state index in [1.807, 2.05) is 0 Å². The number of hydrogen-bond acceptors (Lipinski definition) is 5. The molecule has 0 spiro atoms. The third kappa shape index (κ3) is 10.2. The fourth-order valence-electron chi connectivity index (χ4n) is 1.37. The van der Waals surface area contributed by atoms with Crippen LogP contribution in [0, 0.1) is 5.92 Å². The van der Waals surface area contributed by atoms with Gasteiger partial charge in [-0.05, 0) is 13.8 Å². The SMILES string of the molecule is CC(C)OC[C@@H](NC(=O)CNC(=O)C(C)C)C(=O)NCC(=O)O. The maximum atomic E-state index is 11.9. The molecule has 0 aromatic rings. The van der Waals surface area contributed by atoms with Crippen LogP contribution >= 0.6 is 0 Å². The second kappa shape index (κ2) is 10.5. The minimum absolute atomic E-state index is 0.104. The van der Waals surface area contributed by atoms with Gasteiger partial charge in [0.25, 0.3) is 0 Å². The first-order chi connectivity index (χ1) is 10.6. The Balaban J connectivity index is 4.54. The van der Waals surface area contributed by atoms with Crippen molar-refractivity contribution in [2.75, 3.05) is 19.7 Å². The Morgan fingerprint density at radius 3 is 2.00 bits per heavy atom. The summed E-state index contributed by atoms with van der Waals surface area (Å²) < 4.78 is 5.29. The minimum atomic E-state index is -1.20. The molecular formula is C14H25N3O6. The molecule has 0 aliphatic rings. The van der Waals surface area contributed by atoms with E-state index in [0.717, 1.165) is 0 Å². The number of aliphatic carboxylic acids is 1. The van der Waals surface area contributed by atoms with Crippen LogP contribution in [0.4, 0.5) is 0 Å². The van der Waals surface area contributed by atoms with Crippen molar-refractivity contribution >= 4 is 23.7 Å². The number of carbonyl (C=O) groups is 4. The average Bonchev–Trinajstić information content (AvgIpc) is 2.45. The van der Waals surface area contributed by atoms with E-state index < -0.39 is 30.4 Å². The first-order valence-electron chi connectivity index (χ1n) is 7.31. The summed E-state index contributed by atoms with van der Waals surface area (Å²) in [6.45, 7) is 5.96. The van der Waals surface area contributed by atoms with Crippen molar-refractivity contribution in [3.8, 4) is 0 Å². The highest BCUT2D eigenvalue weighted by Crippen LogP contribution is 1.94. The summed E-state index contributed by atoms with van der Waals surface area (Å²) >= 11 is 0. The summed E-state index contributed by atoms with van der Waals surface area (Å²) in [6.07, 6.45) is -0.165. The van der Waals surface area contributed by atoms with Gasteiger partial charge in [0.15, 0.2) is 0 Å². The van der Waals surface area contributed by atoms with Gasteiger partial charge in [0.2, 0.25) is 17.7 Å². The quantitative estimate of drug-likeness (QED) is 0.400. The van der Waals surface area contributed by atoms with Crippen LogP contribution in [0.3, 0.4) is 0 Å². The van der Waals surface area contributed by atoms with E-state index in [0.29, 0.717) is 0 Å². The van der Waals surface area contributed by atoms with E-state index >= 15 is 0 Å². The van der Waals surface area contributed by atoms with Gasteiger partial charge in [-0.15, -0.1) is 0 Å². The molecule has 0 bridgehead atoms. The van der Waals surface area contributed by atoms with Crippen LogP contribution in [0.25, 0.3) is 0 Å². The number of ether oxygens (including phenoxy) is 1. The highest BCUT2D eigenvalue weighted by molar-refractivity contribution is 5.91. The van der Waals surface area contributed by atoms with Crippen LogP contribution < -0.4 is 16.0 Å². The lowest BCUT2D eigenvalue weighted by molar-refractivity contribution is -0.139. The lowest BCUT2D eigenvalue weighted by Gasteiger charge is -2.19. The van der Waals surface area contributed by atoms with Gasteiger partial charge in [-0.25, -0.2) is 0 Å². The van der Waals surface area contributed by atoms with E-state index in [1.54, 1.807) is 27.7 Å². The highest BCUT2D eigenvalue weighted by atomic mass is 16.5. The number of amides is 3. The normalized spacial score (nSPS) is 11.9. The molecule has 4 N–H and O–H groups in total. The van der Waals surface area contributed by atoms with E-state index in [9.17, 15) is 19.2 Å². The largest absolute Gasteiger partial charge is 0.480 e. The number of carboxylic acid groups (broad SMARTS) is 1. The molecule has 0 unspecified atom stereocenters. The first-order valence-corrected chi connectivity index (χ1v) is 7.31.